The van der Waals surface area contributed by atoms with Crippen molar-refractivity contribution in [2.24, 2.45) is 0 Å². The van der Waals surface area contributed by atoms with Crippen LogP contribution in [0.15, 0.2) is 18.2 Å². The Labute approximate surface area is 115 Å². The molecule has 6 heteroatoms. The number of carbonyl (C=O) groups is 1. The Morgan fingerprint density at radius 1 is 1.40 bits per heavy atom. The number of aromatic carboxylic acids is 1. The molecule has 0 fully saturated rings. The summed E-state index contributed by atoms with van der Waals surface area (Å²) in [6.45, 7) is 3.57. The summed E-state index contributed by atoms with van der Waals surface area (Å²) in [5.74, 6) is -1.00. The Bertz CT molecular complexity index is 472. The van der Waals surface area contributed by atoms with E-state index in [1.54, 1.807) is 19.9 Å². The van der Waals surface area contributed by atoms with E-state index < -0.39 is 18.6 Å². The van der Waals surface area contributed by atoms with Gasteiger partial charge in [-0.15, -0.1) is 0 Å². The first-order valence-corrected chi connectivity index (χ1v) is 6.36. The highest BCUT2D eigenvalue weighted by Gasteiger charge is 2.26. The van der Waals surface area contributed by atoms with Crippen molar-refractivity contribution in [1.82, 2.24) is 0 Å². The van der Waals surface area contributed by atoms with Crippen molar-refractivity contribution in [3.05, 3.63) is 29.3 Å². The summed E-state index contributed by atoms with van der Waals surface area (Å²) in [5, 5.41) is 11.9. The van der Waals surface area contributed by atoms with E-state index >= 15 is 0 Å². The lowest BCUT2D eigenvalue weighted by Gasteiger charge is -2.17. The molecule has 0 spiro atoms. The Kier molecular flexibility index (Phi) is 5.42. The highest BCUT2D eigenvalue weighted by atomic mass is 19.4. The first-order valence-electron chi connectivity index (χ1n) is 6.36. The minimum absolute atomic E-state index is 0.0733. The molecule has 3 nitrogen and oxygen atoms in total. The van der Waals surface area contributed by atoms with E-state index in [1.807, 2.05) is 0 Å². The summed E-state index contributed by atoms with van der Waals surface area (Å²) in [5.41, 5.74) is 1.69. The van der Waals surface area contributed by atoms with Crippen LogP contribution in [0.3, 0.4) is 0 Å². The van der Waals surface area contributed by atoms with E-state index in [9.17, 15) is 18.0 Å². The van der Waals surface area contributed by atoms with Crippen LogP contribution in [0.25, 0.3) is 0 Å². The lowest BCUT2D eigenvalue weighted by Crippen LogP contribution is -2.17. The van der Waals surface area contributed by atoms with Gasteiger partial charge in [0, 0.05) is 18.2 Å². The van der Waals surface area contributed by atoms with E-state index in [0.717, 1.165) is 11.3 Å². The van der Waals surface area contributed by atoms with Crippen LogP contribution in [0.4, 0.5) is 18.9 Å². The third-order valence-electron chi connectivity index (χ3n) is 2.97. The van der Waals surface area contributed by atoms with Crippen LogP contribution in [-0.2, 0) is 0 Å². The van der Waals surface area contributed by atoms with Crippen LogP contribution >= 0.6 is 0 Å². The molecule has 0 saturated heterocycles. The third-order valence-corrected chi connectivity index (χ3v) is 2.97. The monoisotopic (exact) mass is 289 g/mol. The standard InChI is InChI=1S/C14H18F3NO2/c1-9-8-11(13(19)20)5-6-12(9)18-10(2)4-3-7-14(15,16)17/h5-6,8,10,18H,3-4,7H2,1-2H3,(H,19,20). The van der Waals surface area contributed by atoms with Gasteiger partial charge in [0.25, 0.3) is 0 Å². The molecule has 1 rings (SSSR count). The summed E-state index contributed by atoms with van der Waals surface area (Å²) < 4.78 is 36.1. The lowest BCUT2D eigenvalue weighted by atomic mass is 10.1. The SMILES string of the molecule is Cc1cc(C(=O)O)ccc1NC(C)CCCC(F)(F)F. The fourth-order valence-corrected chi connectivity index (χ4v) is 1.90. The molecule has 0 bridgehead atoms. The van der Waals surface area contributed by atoms with Gasteiger partial charge in [-0.1, -0.05) is 0 Å². The van der Waals surface area contributed by atoms with Crippen molar-refractivity contribution in [2.45, 2.75) is 45.3 Å². The second kappa shape index (κ2) is 6.63. The topological polar surface area (TPSA) is 49.3 Å². The number of halogens is 3. The Balaban J connectivity index is 2.54. The normalized spacial score (nSPS) is 13.1. The van der Waals surface area contributed by atoms with Crippen LogP contribution in [0.1, 0.15) is 42.1 Å². The molecule has 0 aromatic heterocycles. The quantitative estimate of drug-likeness (QED) is 0.824. The number of nitrogens with one attached hydrogen (secondary N) is 1. The van der Waals surface area contributed by atoms with Crippen molar-refractivity contribution in [3.8, 4) is 0 Å². The number of rotatable bonds is 6. The molecule has 0 radical (unpaired) electrons. The molecule has 0 saturated carbocycles. The molecule has 112 valence electrons. The zero-order valence-electron chi connectivity index (χ0n) is 11.4. The zero-order valence-corrected chi connectivity index (χ0v) is 11.4. The van der Waals surface area contributed by atoms with Crippen LogP contribution < -0.4 is 5.32 Å². The maximum atomic E-state index is 12.0. The minimum Gasteiger partial charge on any atom is -0.478 e. The average molecular weight is 289 g/mol. The molecular weight excluding hydrogens is 271 g/mol. The van der Waals surface area contributed by atoms with Gasteiger partial charge in [-0.05, 0) is 50.5 Å². The van der Waals surface area contributed by atoms with Gasteiger partial charge in [0.05, 0.1) is 5.56 Å². The van der Waals surface area contributed by atoms with Crippen LogP contribution in [0.5, 0.6) is 0 Å². The summed E-state index contributed by atoms with van der Waals surface area (Å²) in [4.78, 5) is 10.8. The van der Waals surface area contributed by atoms with E-state index in [0.29, 0.717) is 6.42 Å². The molecule has 0 amide bonds. The Morgan fingerprint density at radius 2 is 2.05 bits per heavy atom. The molecule has 0 heterocycles. The number of benzene rings is 1. The van der Waals surface area contributed by atoms with Gasteiger partial charge in [-0.3, -0.25) is 0 Å². The predicted molar refractivity (Wildman–Crippen MR) is 71.1 cm³/mol. The first kappa shape index (κ1) is 16.3. The molecule has 1 aromatic carbocycles. The number of anilines is 1. The molecule has 0 aliphatic rings. The predicted octanol–water partition coefficient (Wildman–Crippen LogP) is 4.23. The van der Waals surface area contributed by atoms with Gasteiger partial charge >= 0.3 is 12.1 Å². The largest absolute Gasteiger partial charge is 0.478 e. The van der Waals surface area contributed by atoms with E-state index in [-0.39, 0.29) is 18.0 Å². The second-order valence-corrected chi connectivity index (χ2v) is 4.89. The van der Waals surface area contributed by atoms with Gasteiger partial charge in [-0.25, -0.2) is 4.79 Å². The molecule has 20 heavy (non-hydrogen) atoms. The van der Waals surface area contributed by atoms with Gasteiger partial charge in [0.2, 0.25) is 0 Å². The zero-order chi connectivity index (χ0) is 15.3. The van der Waals surface area contributed by atoms with Crippen molar-refractivity contribution in [2.75, 3.05) is 5.32 Å². The van der Waals surface area contributed by atoms with Gasteiger partial charge in [0.15, 0.2) is 0 Å². The molecule has 2 N–H and O–H groups in total. The molecule has 1 unspecified atom stereocenters. The van der Waals surface area contributed by atoms with E-state index in [4.69, 9.17) is 5.11 Å². The molecule has 1 atom stereocenters. The van der Waals surface area contributed by atoms with Crippen molar-refractivity contribution >= 4 is 11.7 Å². The van der Waals surface area contributed by atoms with E-state index in [1.165, 1.54) is 12.1 Å². The average Bonchev–Trinajstić information content (AvgIpc) is 2.29. The molecular formula is C14H18F3NO2. The molecule has 1 aromatic rings. The summed E-state index contributed by atoms with van der Waals surface area (Å²) >= 11 is 0. The molecule has 0 aliphatic carbocycles. The maximum Gasteiger partial charge on any atom is 0.389 e. The second-order valence-electron chi connectivity index (χ2n) is 4.89. The lowest BCUT2D eigenvalue weighted by molar-refractivity contribution is -0.135. The van der Waals surface area contributed by atoms with Crippen LogP contribution in [-0.4, -0.2) is 23.3 Å². The van der Waals surface area contributed by atoms with Crippen molar-refractivity contribution in [1.29, 1.82) is 0 Å². The van der Waals surface area contributed by atoms with Gasteiger partial charge in [0.1, 0.15) is 0 Å². The van der Waals surface area contributed by atoms with Gasteiger partial charge in [-0.2, -0.15) is 13.2 Å². The Morgan fingerprint density at radius 3 is 2.55 bits per heavy atom. The summed E-state index contributed by atoms with van der Waals surface area (Å²) in [6, 6.07) is 4.54. The number of aryl methyl sites for hydroxylation is 1. The highest BCUT2D eigenvalue weighted by molar-refractivity contribution is 5.88. The Hall–Kier alpha value is -1.72. The number of carboxylic acid groups (broad SMARTS) is 1. The van der Waals surface area contributed by atoms with Gasteiger partial charge < -0.3 is 10.4 Å². The van der Waals surface area contributed by atoms with Crippen LogP contribution in [0.2, 0.25) is 0 Å². The highest BCUT2D eigenvalue weighted by Crippen LogP contribution is 2.24. The van der Waals surface area contributed by atoms with Crippen molar-refractivity contribution < 1.29 is 23.1 Å². The van der Waals surface area contributed by atoms with Crippen molar-refractivity contribution in [3.63, 3.8) is 0 Å². The number of hydrogen-bond donors (Lipinski definition) is 2. The number of hydrogen-bond acceptors (Lipinski definition) is 2. The minimum atomic E-state index is -4.11. The smallest absolute Gasteiger partial charge is 0.389 e. The molecule has 0 aliphatic heterocycles. The fourth-order valence-electron chi connectivity index (χ4n) is 1.90. The summed E-state index contributed by atoms with van der Waals surface area (Å²) in [6.07, 6.45) is -4.42. The first-order chi connectivity index (χ1) is 9.19. The number of carboxylic acids is 1. The fraction of sp³-hybridized carbons (Fsp3) is 0.500. The maximum absolute atomic E-state index is 12.0. The van der Waals surface area contributed by atoms with E-state index in [2.05, 4.69) is 5.32 Å². The third kappa shape index (κ3) is 5.50. The number of alkyl halides is 3. The van der Waals surface area contributed by atoms with Crippen LogP contribution in [0, 0.1) is 6.92 Å². The summed E-state index contributed by atoms with van der Waals surface area (Å²) in [7, 11) is 0.